The van der Waals surface area contributed by atoms with Gasteiger partial charge in [-0.25, -0.2) is 0 Å². The molecule has 0 bridgehead atoms. The van der Waals surface area contributed by atoms with Crippen LogP contribution < -0.4 is 26.2 Å². The highest BCUT2D eigenvalue weighted by molar-refractivity contribution is 7.00. The van der Waals surface area contributed by atoms with E-state index in [1.54, 1.807) is 0 Å². The molecule has 0 radical (unpaired) electrons. The minimum absolute atomic E-state index is 0.0334. The highest BCUT2D eigenvalue weighted by Crippen LogP contribution is 2.54. The number of benzene rings is 7. The second-order valence-corrected chi connectivity index (χ2v) is 22.3. The molecular weight excluding hydrogens is 779 g/mol. The summed E-state index contributed by atoms with van der Waals surface area (Å²) in [6.07, 6.45) is 4.67. The van der Waals surface area contributed by atoms with Gasteiger partial charge in [-0.1, -0.05) is 128 Å². The number of rotatable bonds is 2. The van der Waals surface area contributed by atoms with Crippen molar-refractivity contribution in [2.45, 2.75) is 110 Å². The fourth-order valence-electron chi connectivity index (χ4n) is 12.6. The zero-order valence-corrected chi connectivity index (χ0v) is 38.7. The Balaban J connectivity index is 1.18. The molecule has 4 aliphatic rings. The number of furan rings is 2. The number of anilines is 6. The van der Waals surface area contributed by atoms with Gasteiger partial charge in [-0.15, -0.1) is 0 Å². The van der Waals surface area contributed by atoms with Crippen LogP contribution in [0.2, 0.25) is 0 Å². The number of para-hydroxylation sites is 3. The SMILES string of the molecule is Cc1cc2c3c(c1)N(c1cccc4c1oc1ccccc14)c1c(ccc4c1oc1ccccc14)B3c1cc3c(cc1N2c1ccc2c(c1)C(C)(C)CCC2(C)C)C(C)(C)CCC3(C)C. The van der Waals surface area contributed by atoms with Crippen LogP contribution in [0.3, 0.4) is 0 Å². The first-order valence-electron chi connectivity index (χ1n) is 23.5. The van der Waals surface area contributed by atoms with Crippen molar-refractivity contribution in [1.29, 1.82) is 0 Å². The summed E-state index contributed by atoms with van der Waals surface area (Å²) >= 11 is 0. The van der Waals surface area contributed by atoms with Crippen molar-refractivity contribution < 1.29 is 8.83 Å². The van der Waals surface area contributed by atoms with E-state index in [0.717, 1.165) is 68.1 Å². The van der Waals surface area contributed by atoms with Crippen molar-refractivity contribution in [1.82, 2.24) is 0 Å². The molecule has 0 saturated heterocycles. The number of aryl methyl sites for hydroxylation is 1. The lowest BCUT2D eigenvalue weighted by atomic mass is 9.33. The summed E-state index contributed by atoms with van der Waals surface area (Å²) in [5.41, 5.74) is 21.9. The summed E-state index contributed by atoms with van der Waals surface area (Å²) < 4.78 is 14.0. The maximum absolute atomic E-state index is 7.10. The fraction of sp³-hybridized carbons (Fsp3) is 0.288. The molecule has 0 unspecified atom stereocenters. The lowest BCUT2D eigenvalue weighted by Gasteiger charge is -2.48. The molecule has 13 rings (SSSR count). The summed E-state index contributed by atoms with van der Waals surface area (Å²) in [7, 11) is 0. The lowest BCUT2D eigenvalue weighted by Crippen LogP contribution is -2.62. The van der Waals surface area contributed by atoms with E-state index >= 15 is 0 Å². The zero-order chi connectivity index (χ0) is 43.8. The second-order valence-electron chi connectivity index (χ2n) is 22.3. The van der Waals surface area contributed by atoms with Crippen LogP contribution in [0.4, 0.5) is 34.1 Å². The molecule has 0 atom stereocenters. The molecule has 2 aliphatic heterocycles. The molecule has 5 heteroatoms. The lowest BCUT2D eigenvalue weighted by molar-refractivity contribution is 0.332. The van der Waals surface area contributed by atoms with Crippen molar-refractivity contribution in [2.24, 2.45) is 0 Å². The Bertz CT molecular complexity index is 3510. The molecule has 0 spiro atoms. The Morgan fingerprint density at radius 1 is 0.438 bits per heavy atom. The molecular formula is C59H55BN2O2. The predicted octanol–water partition coefficient (Wildman–Crippen LogP) is 14.6. The molecule has 2 aromatic heterocycles. The summed E-state index contributed by atoms with van der Waals surface area (Å²) in [6, 6.07) is 45.9. The predicted molar refractivity (Wildman–Crippen MR) is 270 cm³/mol. The third-order valence-electron chi connectivity index (χ3n) is 16.4. The molecule has 2 aliphatic carbocycles. The van der Waals surface area contributed by atoms with Gasteiger partial charge in [-0.05, 0) is 147 Å². The van der Waals surface area contributed by atoms with Gasteiger partial charge >= 0.3 is 0 Å². The topological polar surface area (TPSA) is 32.8 Å². The Hall–Kier alpha value is -6.20. The minimum Gasteiger partial charge on any atom is -0.454 e. The van der Waals surface area contributed by atoms with Crippen molar-refractivity contribution in [2.75, 3.05) is 9.80 Å². The first-order chi connectivity index (χ1) is 30.6. The van der Waals surface area contributed by atoms with Gasteiger partial charge in [0.2, 0.25) is 0 Å². The summed E-state index contributed by atoms with van der Waals surface area (Å²) in [4.78, 5) is 5.15. The van der Waals surface area contributed by atoms with Crippen molar-refractivity contribution in [3.05, 3.63) is 149 Å². The van der Waals surface area contributed by atoms with Crippen LogP contribution >= 0.6 is 0 Å². The van der Waals surface area contributed by atoms with Crippen LogP contribution in [0.5, 0.6) is 0 Å². The Kier molecular flexibility index (Phi) is 7.50. The summed E-state index contributed by atoms with van der Waals surface area (Å²) in [5, 5.41) is 4.48. The van der Waals surface area contributed by atoms with E-state index in [4.69, 9.17) is 8.83 Å². The molecule has 9 aromatic rings. The fourth-order valence-corrected chi connectivity index (χ4v) is 12.6. The van der Waals surface area contributed by atoms with Gasteiger partial charge in [0.05, 0.1) is 11.4 Å². The van der Waals surface area contributed by atoms with E-state index in [0.29, 0.717) is 0 Å². The molecule has 316 valence electrons. The molecule has 0 saturated carbocycles. The number of hydrogen-bond donors (Lipinski definition) is 0. The zero-order valence-electron chi connectivity index (χ0n) is 38.7. The monoisotopic (exact) mass is 834 g/mol. The Morgan fingerprint density at radius 2 is 0.984 bits per heavy atom. The standard InChI is InChI=1S/C59H55BN2O2/c1-34-29-48-52-49(30-34)62(46-18-14-17-38-36-15-10-12-19-50(36)63-54(38)46)53-44(24-22-39-37-16-11-13-20-51(37)64-55(39)53)60(52)45-32-42-43(59(8,9)28-27-58(42,6)7)33-47(45)61(48)35-21-23-40-41(31-35)57(4,5)26-25-56(40,2)3/h10-24,29-33H,25-28H2,1-9H3. The molecule has 4 nitrogen and oxygen atoms in total. The normalized spacial score (nSPS) is 18.5. The van der Waals surface area contributed by atoms with Gasteiger partial charge in [0.25, 0.3) is 6.71 Å². The van der Waals surface area contributed by atoms with Crippen LogP contribution in [-0.2, 0) is 21.7 Å². The van der Waals surface area contributed by atoms with Crippen LogP contribution in [0, 0.1) is 6.92 Å². The quantitative estimate of drug-likeness (QED) is 0.162. The molecule has 64 heavy (non-hydrogen) atoms. The first kappa shape index (κ1) is 38.3. The molecule has 0 N–H and O–H groups in total. The van der Waals surface area contributed by atoms with E-state index in [2.05, 4.69) is 193 Å². The average Bonchev–Trinajstić information content (AvgIpc) is 3.85. The van der Waals surface area contributed by atoms with Crippen LogP contribution in [0.15, 0.2) is 130 Å². The molecule has 0 amide bonds. The van der Waals surface area contributed by atoms with E-state index in [-0.39, 0.29) is 28.4 Å². The summed E-state index contributed by atoms with van der Waals surface area (Å²) in [6.45, 7) is 21.8. The van der Waals surface area contributed by atoms with Crippen molar-refractivity contribution in [3.8, 4) is 0 Å². The highest BCUT2D eigenvalue weighted by Gasteiger charge is 2.48. The van der Waals surface area contributed by atoms with Crippen LogP contribution in [0.1, 0.15) is 109 Å². The van der Waals surface area contributed by atoms with Gasteiger partial charge < -0.3 is 18.6 Å². The van der Waals surface area contributed by atoms with E-state index in [1.165, 1.54) is 79.8 Å². The highest BCUT2D eigenvalue weighted by atomic mass is 16.3. The van der Waals surface area contributed by atoms with E-state index in [9.17, 15) is 0 Å². The van der Waals surface area contributed by atoms with Crippen molar-refractivity contribution in [3.63, 3.8) is 0 Å². The molecule has 0 fully saturated rings. The third kappa shape index (κ3) is 5.07. The molecule has 4 heterocycles. The largest absolute Gasteiger partial charge is 0.454 e. The van der Waals surface area contributed by atoms with Crippen LogP contribution in [-0.4, -0.2) is 6.71 Å². The van der Waals surface area contributed by atoms with Gasteiger partial charge in [-0.2, -0.15) is 0 Å². The Labute approximate surface area is 376 Å². The van der Waals surface area contributed by atoms with Crippen molar-refractivity contribution >= 4 is 101 Å². The van der Waals surface area contributed by atoms with Crippen LogP contribution in [0.25, 0.3) is 43.9 Å². The first-order valence-corrected chi connectivity index (χ1v) is 23.5. The van der Waals surface area contributed by atoms with Gasteiger partial charge in [0.1, 0.15) is 11.2 Å². The second kappa shape index (κ2) is 12.5. The maximum atomic E-state index is 7.10. The van der Waals surface area contributed by atoms with E-state index in [1.807, 2.05) is 0 Å². The smallest absolute Gasteiger partial charge is 0.252 e. The summed E-state index contributed by atoms with van der Waals surface area (Å²) in [5.74, 6) is 0. The van der Waals surface area contributed by atoms with Gasteiger partial charge in [0, 0.05) is 44.3 Å². The maximum Gasteiger partial charge on any atom is 0.252 e. The van der Waals surface area contributed by atoms with E-state index < -0.39 is 0 Å². The van der Waals surface area contributed by atoms with Gasteiger partial charge in [-0.3, -0.25) is 0 Å². The molecule has 7 aromatic carbocycles. The Morgan fingerprint density at radius 3 is 1.66 bits per heavy atom. The number of nitrogens with zero attached hydrogens (tertiary/aromatic N) is 2. The third-order valence-corrected chi connectivity index (χ3v) is 16.4. The average molecular weight is 835 g/mol. The number of hydrogen-bond acceptors (Lipinski definition) is 4. The number of fused-ring (bicyclic) bond motifs is 13. The minimum atomic E-state index is -0.0465. The van der Waals surface area contributed by atoms with Gasteiger partial charge in [0.15, 0.2) is 11.2 Å².